The van der Waals surface area contributed by atoms with E-state index in [-0.39, 0.29) is 5.82 Å². The van der Waals surface area contributed by atoms with Gasteiger partial charge in [-0.2, -0.15) is 0 Å². The fraction of sp³-hybridized carbons (Fsp3) is 0.333. The highest BCUT2D eigenvalue weighted by atomic mass is 32.1. The van der Waals surface area contributed by atoms with E-state index in [1.54, 1.807) is 24.5 Å². The van der Waals surface area contributed by atoms with Crippen molar-refractivity contribution in [1.82, 2.24) is 24.8 Å². The minimum absolute atomic E-state index is 0.282. The third-order valence-corrected chi connectivity index (χ3v) is 6.64. The van der Waals surface area contributed by atoms with Crippen LogP contribution >= 0.6 is 11.3 Å². The number of nitrogens with zero attached hydrogens (tertiary/aromatic N) is 4. The Morgan fingerprint density at radius 2 is 2.06 bits per heavy atom. The van der Waals surface area contributed by atoms with Gasteiger partial charge in [0.1, 0.15) is 17.3 Å². The number of pyridine rings is 1. The van der Waals surface area contributed by atoms with Crippen molar-refractivity contribution in [2.45, 2.75) is 12.8 Å². The molecule has 0 saturated carbocycles. The molecule has 6 nitrogen and oxygen atoms in total. The van der Waals surface area contributed by atoms with Crippen molar-refractivity contribution in [3.63, 3.8) is 0 Å². The van der Waals surface area contributed by atoms with Gasteiger partial charge in [-0.3, -0.25) is 4.57 Å². The monoisotopic (exact) mass is 450 g/mol. The fourth-order valence-corrected chi connectivity index (χ4v) is 4.86. The highest BCUT2D eigenvalue weighted by molar-refractivity contribution is 7.07. The highest BCUT2D eigenvalue weighted by Crippen LogP contribution is 2.29. The summed E-state index contributed by atoms with van der Waals surface area (Å²) >= 11 is 1.57. The summed E-state index contributed by atoms with van der Waals surface area (Å²) in [6, 6.07) is 9.28. The first-order valence-electron chi connectivity index (χ1n) is 11.0. The van der Waals surface area contributed by atoms with E-state index in [0.29, 0.717) is 5.69 Å². The smallest absolute Gasteiger partial charge is 0.149 e. The van der Waals surface area contributed by atoms with Gasteiger partial charge in [-0.25, -0.2) is 14.4 Å². The maximum absolute atomic E-state index is 14.3. The normalized spacial score (nSPS) is 14.8. The summed E-state index contributed by atoms with van der Waals surface area (Å²) in [5.74, 6) is 0.588. The van der Waals surface area contributed by atoms with E-state index in [9.17, 15) is 4.39 Å². The molecule has 1 saturated heterocycles. The number of aromatic nitrogens is 3. The van der Waals surface area contributed by atoms with Crippen LogP contribution in [0.3, 0.4) is 0 Å². The Labute approximate surface area is 191 Å². The number of anilines is 1. The van der Waals surface area contributed by atoms with Gasteiger partial charge < -0.3 is 15.5 Å². The molecule has 0 unspecified atom stereocenters. The number of piperazine rings is 1. The van der Waals surface area contributed by atoms with Crippen LogP contribution in [-0.4, -0.2) is 59.2 Å². The fourth-order valence-electron chi connectivity index (χ4n) is 4.33. The number of fused-ring (bicyclic) bond motifs is 1. The van der Waals surface area contributed by atoms with E-state index in [1.165, 1.54) is 11.6 Å². The number of rotatable bonds is 7. The first-order valence-corrected chi connectivity index (χ1v) is 12.0. The van der Waals surface area contributed by atoms with Crippen LogP contribution in [0, 0.1) is 5.82 Å². The average molecular weight is 451 g/mol. The van der Waals surface area contributed by atoms with Gasteiger partial charge in [-0.05, 0) is 49.2 Å². The van der Waals surface area contributed by atoms with E-state index >= 15 is 0 Å². The van der Waals surface area contributed by atoms with Gasteiger partial charge in [0.05, 0.1) is 16.9 Å². The quantitative estimate of drug-likeness (QED) is 0.443. The van der Waals surface area contributed by atoms with Crippen molar-refractivity contribution >= 4 is 28.1 Å². The molecule has 1 fully saturated rings. The second-order valence-electron chi connectivity index (χ2n) is 8.08. The second kappa shape index (κ2) is 9.36. The highest BCUT2D eigenvalue weighted by Gasteiger charge is 2.15. The van der Waals surface area contributed by atoms with Crippen LogP contribution in [0.25, 0.3) is 28.1 Å². The molecule has 2 N–H and O–H groups in total. The summed E-state index contributed by atoms with van der Waals surface area (Å²) in [4.78, 5) is 12.0. The molecule has 0 aliphatic carbocycles. The lowest BCUT2D eigenvalue weighted by Crippen LogP contribution is -2.43. The SMILES string of the molecule is CNc1ccc(-c2ccc3c(CCCN4CCNCC4)cn(-c4cscn4)c3n2)cc1F. The molecule has 8 heteroatoms. The molecule has 4 heterocycles. The average Bonchev–Trinajstić information content (AvgIpc) is 3.48. The Morgan fingerprint density at radius 3 is 2.81 bits per heavy atom. The Morgan fingerprint density at radius 1 is 1.19 bits per heavy atom. The lowest BCUT2D eigenvalue weighted by atomic mass is 10.1. The first kappa shape index (κ1) is 21.1. The zero-order valence-electron chi connectivity index (χ0n) is 18.1. The van der Waals surface area contributed by atoms with Crippen LogP contribution in [0.15, 0.2) is 47.4 Å². The van der Waals surface area contributed by atoms with Crippen molar-refractivity contribution in [3.8, 4) is 17.1 Å². The third-order valence-electron chi connectivity index (χ3n) is 6.06. The number of thiazole rings is 1. The van der Waals surface area contributed by atoms with Gasteiger partial charge in [0, 0.05) is 55.8 Å². The van der Waals surface area contributed by atoms with Crippen LogP contribution in [0.5, 0.6) is 0 Å². The summed E-state index contributed by atoms with van der Waals surface area (Å²) in [5, 5.41) is 9.43. The molecule has 0 atom stereocenters. The Kier molecular flexibility index (Phi) is 6.16. The summed E-state index contributed by atoms with van der Waals surface area (Å²) < 4.78 is 16.4. The maximum Gasteiger partial charge on any atom is 0.149 e. The molecule has 5 rings (SSSR count). The molecule has 0 amide bonds. The van der Waals surface area contributed by atoms with Crippen LogP contribution in [-0.2, 0) is 6.42 Å². The zero-order valence-corrected chi connectivity index (χ0v) is 19.0. The molecule has 32 heavy (non-hydrogen) atoms. The van der Waals surface area contributed by atoms with E-state index < -0.39 is 0 Å². The minimum Gasteiger partial charge on any atom is -0.386 e. The lowest BCUT2D eigenvalue weighted by Gasteiger charge is -2.26. The number of aryl methyl sites for hydroxylation is 1. The molecular formula is C24H27FN6S. The summed E-state index contributed by atoms with van der Waals surface area (Å²) in [5.41, 5.74) is 5.96. The van der Waals surface area contributed by atoms with Crippen molar-refractivity contribution < 1.29 is 4.39 Å². The topological polar surface area (TPSA) is 58.0 Å². The Balaban J connectivity index is 1.47. The van der Waals surface area contributed by atoms with Gasteiger partial charge in [-0.1, -0.05) is 6.07 Å². The Bertz CT molecular complexity index is 1200. The standard InChI is InChI=1S/C24H27FN6S/c1-26-22-6-4-17(13-20(22)25)21-7-5-19-18(3-2-10-30-11-8-27-9-12-30)14-31(24(19)29-21)23-15-32-16-28-23/h4-7,13-16,26-27H,2-3,8-12H2,1H3. The molecule has 166 valence electrons. The molecule has 0 bridgehead atoms. The molecule has 4 aromatic rings. The maximum atomic E-state index is 14.3. The molecule has 1 aliphatic rings. The van der Waals surface area contributed by atoms with Crippen molar-refractivity contribution in [2.75, 3.05) is 45.1 Å². The van der Waals surface area contributed by atoms with Gasteiger partial charge in [0.25, 0.3) is 0 Å². The van der Waals surface area contributed by atoms with Crippen LogP contribution in [0.4, 0.5) is 10.1 Å². The van der Waals surface area contributed by atoms with E-state index in [2.05, 4.69) is 37.3 Å². The van der Waals surface area contributed by atoms with E-state index in [0.717, 1.165) is 73.7 Å². The zero-order chi connectivity index (χ0) is 21.9. The molecule has 0 spiro atoms. The molecular weight excluding hydrogens is 423 g/mol. The summed E-state index contributed by atoms with van der Waals surface area (Å²) in [6.07, 6.45) is 4.26. The number of hydrogen-bond donors (Lipinski definition) is 2. The predicted octanol–water partition coefficient (Wildman–Crippen LogP) is 4.17. The first-order chi connectivity index (χ1) is 15.7. The Hall–Kier alpha value is -2.81. The number of halogens is 1. The molecule has 1 aromatic carbocycles. The summed E-state index contributed by atoms with van der Waals surface area (Å²) in [6.45, 7) is 5.49. The summed E-state index contributed by atoms with van der Waals surface area (Å²) in [7, 11) is 1.72. The predicted molar refractivity (Wildman–Crippen MR) is 129 cm³/mol. The largest absolute Gasteiger partial charge is 0.386 e. The number of hydrogen-bond acceptors (Lipinski definition) is 6. The second-order valence-corrected chi connectivity index (χ2v) is 8.80. The van der Waals surface area contributed by atoms with Crippen molar-refractivity contribution in [3.05, 3.63) is 58.8 Å². The van der Waals surface area contributed by atoms with Gasteiger partial charge in [0.2, 0.25) is 0 Å². The van der Waals surface area contributed by atoms with Gasteiger partial charge in [-0.15, -0.1) is 11.3 Å². The van der Waals surface area contributed by atoms with Crippen LogP contribution in [0.1, 0.15) is 12.0 Å². The molecule has 0 radical (unpaired) electrons. The number of nitrogens with one attached hydrogen (secondary N) is 2. The van der Waals surface area contributed by atoms with Gasteiger partial charge in [0.15, 0.2) is 0 Å². The van der Waals surface area contributed by atoms with E-state index in [1.807, 2.05) is 23.0 Å². The lowest BCUT2D eigenvalue weighted by molar-refractivity contribution is 0.238. The molecule has 1 aliphatic heterocycles. The van der Waals surface area contributed by atoms with Gasteiger partial charge >= 0.3 is 0 Å². The van der Waals surface area contributed by atoms with E-state index in [4.69, 9.17) is 4.98 Å². The van der Waals surface area contributed by atoms with Crippen molar-refractivity contribution in [2.24, 2.45) is 0 Å². The van der Waals surface area contributed by atoms with Crippen LogP contribution < -0.4 is 10.6 Å². The molecule has 3 aromatic heterocycles. The number of benzene rings is 1. The minimum atomic E-state index is -0.282. The third kappa shape index (κ3) is 4.26. The van der Waals surface area contributed by atoms with Crippen molar-refractivity contribution in [1.29, 1.82) is 0 Å². The van der Waals surface area contributed by atoms with Crippen LogP contribution in [0.2, 0.25) is 0 Å².